The van der Waals surface area contributed by atoms with Gasteiger partial charge in [-0.3, -0.25) is 0 Å². The van der Waals surface area contributed by atoms with Crippen molar-refractivity contribution in [1.82, 2.24) is 0 Å². The first-order valence-electron chi connectivity index (χ1n) is 8.72. The van der Waals surface area contributed by atoms with Crippen LogP contribution in [0.1, 0.15) is 64.7 Å². The first kappa shape index (κ1) is 15.7. The summed E-state index contributed by atoms with van der Waals surface area (Å²) in [5.41, 5.74) is 0. The normalized spacial score (nSPS) is 35.0. The summed E-state index contributed by atoms with van der Waals surface area (Å²) in [6.07, 6.45) is 18.5. The minimum absolute atomic E-state index is 0.803. The van der Waals surface area contributed by atoms with Crippen molar-refractivity contribution in [2.75, 3.05) is 6.61 Å². The molecule has 0 bridgehead atoms. The molecule has 0 aromatic heterocycles. The van der Waals surface area contributed by atoms with Gasteiger partial charge in [-0.1, -0.05) is 19.1 Å². The van der Waals surface area contributed by atoms with Gasteiger partial charge >= 0.3 is 0 Å². The highest BCUT2D eigenvalue weighted by atomic mass is 16.5. The molecule has 0 N–H and O–H groups in total. The second-order valence-corrected chi connectivity index (χ2v) is 6.80. The number of hydrogen-bond acceptors (Lipinski definition) is 1. The van der Waals surface area contributed by atoms with Crippen LogP contribution in [0.15, 0.2) is 25.0 Å². The summed E-state index contributed by atoms with van der Waals surface area (Å²) in [6, 6.07) is 0. The maximum Gasteiger partial charge on any atom is 0.0901 e. The predicted octanol–water partition coefficient (Wildman–Crippen LogP) is 5.73. The Hall–Kier alpha value is -0.720. The van der Waals surface area contributed by atoms with E-state index in [-0.39, 0.29) is 0 Å². The molecule has 0 aromatic rings. The molecule has 2 aliphatic carbocycles. The second-order valence-electron chi connectivity index (χ2n) is 6.80. The fraction of sp³-hybridized carbons (Fsp3) is 0.789. The molecule has 2 fully saturated rings. The van der Waals surface area contributed by atoms with E-state index in [0.29, 0.717) is 0 Å². The Morgan fingerprint density at radius 2 is 1.55 bits per heavy atom. The monoisotopic (exact) mass is 276 g/mol. The van der Waals surface area contributed by atoms with E-state index in [1.54, 1.807) is 0 Å². The molecule has 0 unspecified atom stereocenters. The van der Waals surface area contributed by atoms with E-state index in [1.807, 2.05) is 6.26 Å². The van der Waals surface area contributed by atoms with E-state index < -0.39 is 0 Å². The van der Waals surface area contributed by atoms with Gasteiger partial charge in [0.05, 0.1) is 12.9 Å². The molecule has 2 aliphatic rings. The largest absolute Gasteiger partial charge is 0.501 e. The molecule has 2 rings (SSSR count). The molecule has 0 saturated heterocycles. The molecule has 0 radical (unpaired) electrons. The molecule has 1 heteroatoms. The van der Waals surface area contributed by atoms with Crippen LogP contribution in [0, 0.1) is 23.7 Å². The Kier molecular flexibility index (Phi) is 6.69. The summed E-state index contributed by atoms with van der Waals surface area (Å²) >= 11 is 0. The smallest absolute Gasteiger partial charge is 0.0901 e. The lowest BCUT2D eigenvalue weighted by Crippen LogP contribution is -2.26. The Balaban J connectivity index is 1.64. The molecule has 0 atom stereocenters. The zero-order valence-electron chi connectivity index (χ0n) is 13.2. The molecule has 2 saturated carbocycles. The zero-order chi connectivity index (χ0) is 14.2. The Bertz CT molecular complexity index is 291. The van der Waals surface area contributed by atoms with Gasteiger partial charge in [-0.2, -0.15) is 0 Å². The van der Waals surface area contributed by atoms with Crippen molar-refractivity contribution < 1.29 is 4.74 Å². The van der Waals surface area contributed by atoms with Crippen LogP contribution in [0.3, 0.4) is 0 Å². The summed E-state index contributed by atoms with van der Waals surface area (Å²) in [5.74, 6) is 3.62. The van der Waals surface area contributed by atoms with Crippen molar-refractivity contribution in [1.29, 1.82) is 0 Å². The summed E-state index contributed by atoms with van der Waals surface area (Å²) < 4.78 is 5.63. The van der Waals surface area contributed by atoms with Crippen molar-refractivity contribution in [2.45, 2.75) is 64.7 Å². The van der Waals surface area contributed by atoms with Crippen molar-refractivity contribution in [3.8, 4) is 0 Å². The van der Waals surface area contributed by atoms with Crippen LogP contribution in [0.25, 0.3) is 0 Å². The highest BCUT2D eigenvalue weighted by Gasteiger charge is 2.30. The molecule has 0 amide bonds. The van der Waals surface area contributed by atoms with E-state index in [0.717, 1.165) is 36.7 Å². The molecule has 114 valence electrons. The fourth-order valence-corrected chi connectivity index (χ4v) is 4.03. The first-order chi connectivity index (χ1) is 9.83. The van der Waals surface area contributed by atoms with E-state index in [4.69, 9.17) is 4.74 Å². The topological polar surface area (TPSA) is 9.23 Å². The van der Waals surface area contributed by atoms with Crippen molar-refractivity contribution in [3.05, 3.63) is 25.0 Å². The van der Waals surface area contributed by atoms with Crippen LogP contribution < -0.4 is 0 Å². The van der Waals surface area contributed by atoms with Gasteiger partial charge in [0, 0.05) is 0 Å². The molecule has 0 aromatic carbocycles. The lowest BCUT2D eigenvalue weighted by atomic mass is 9.69. The summed E-state index contributed by atoms with van der Waals surface area (Å²) in [4.78, 5) is 0. The van der Waals surface area contributed by atoms with E-state index in [2.05, 4.69) is 25.7 Å². The van der Waals surface area contributed by atoms with Gasteiger partial charge in [-0.25, -0.2) is 0 Å². The van der Waals surface area contributed by atoms with Gasteiger partial charge in [-0.15, -0.1) is 6.58 Å². The zero-order valence-corrected chi connectivity index (χ0v) is 13.2. The minimum Gasteiger partial charge on any atom is -0.501 e. The third-order valence-corrected chi connectivity index (χ3v) is 5.47. The fourth-order valence-electron chi connectivity index (χ4n) is 4.03. The number of ether oxygens (including phenoxy) is 1. The Morgan fingerprint density at radius 3 is 2.10 bits per heavy atom. The van der Waals surface area contributed by atoms with E-state index >= 15 is 0 Å². The molecular weight excluding hydrogens is 244 g/mol. The molecule has 20 heavy (non-hydrogen) atoms. The summed E-state index contributed by atoms with van der Waals surface area (Å²) in [6.45, 7) is 7.04. The highest BCUT2D eigenvalue weighted by molar-refractivity contribution is 4.87. The standard InChI is InChI=1S/C19H32O/c1-3-5-14-20-15-17-8-12-19(13-9-17)18-10-6-16(4-2)7-11-18/h4-5,14,16-19H,2-3,6-13,15H2,1H3/b14-5-/t16-,17?,18-,19?. The van der Waals surface area contributed by atoms with Gasteiger partial charge in [0.2, 0.25) is 0 Å². The second kappa shape index (κ2) is 8.54. The SMILES string of the molecule is C=C[C@H]1CC[C@H](C2CCC(CO/C=C\CC)CC2)CC1. The van der Waals surface area contributed by atoms with Crippen molar-refractivity contribution >= 4 is 0 Å². The predicted molar refractivity (Wildman–Crippen MR) is 86.5 cm³/mol. The van der Waals surface area contributed by atoms with Crippen LogP contribution in [-0.4, -0.2) is 6.61 Å². The molecular formula is C19H32O. The molecule has 0 heterocycles. The third kappa shape index (κ3) is 4.68. The molecule has 1 nitrogen and oxygen atoms in total. The number of allylic oxidation sites excluding steroid dienone is 2. The quantitative estimate of drug-likeness (QED) is 0.445. The summed E-state index contributed by atoms with van der Waals surface area (Å²) in [5, 5.41) is 0. The van der Waals surface area contributed by atoms with Crippen LogP contribution in [-0.2, 0) is 4.74 Å². The third-order valence-electron chi connectivity index (χ3n) is 5.47. The average Bonchev–Trinajstić information content (AvgIpc) is 2.52. The highest BCUT2D eigenvalue weighted by Crippen LogP contribution is 2.41. The maximum absolute atomic E-state index is 5.63. The Morgan fingerprint density at radius 1 is 0.950 bits per heavy atom. The van der Waals surface area contributed by atoms with Gasteiger partial charge in [0.15, 0.2) is 0 Å². The van der Waals surface area contributed by atoms with Crippen LogP contribution in [0.2, 0.25) is 0 Å². The molecule has 0 spiro atoms. The van der Waals surface area contributed by atoms with Crippen molar-refractivity contribution in [3.63, 3.8) is 0 Å². The number of rotatable bonds is 6. The molecule has 0 aliphatic heterocycles. The van der Waals surface area contributed by atoms with Gasteiger partial charge in [0.1, 0.15) is 0 Å². The van der Waals surface area contributed by atoms with E-state index in [1.165, 1.54) is 51.4 Å². The van der Waals surface area contributed by atoms with E-state index in [9.17, 15) is 0 Å². The lowest BCUT2D eigenvalue weighted by Gasteiger charge is -2.37. The maximum atomic E-state index is 5.63. The average molecular weight is 276 g/mol. The van der Waals surface area contributed by atoms with Crippen LogP contribution in [0.5, 0.6) is 0 Å². The van der Waals surface area contributed by atoms with Gasteiger partial charge < -0.3 is 4.74 Å². The van der Waals surface area contributed by atoms with Gasteiger partial charge in [-0.05, 0) is 81.5 Å². The van der Waals surface area contributed by atoms with Crippen LogP contribution in [0.4, 0.5) is 0 Å². The first-order valence-corrected chi connectivity index (χ1v) is 8.72. The number of hydrogen-bond donors (Lipinski definition) is 0. The summed E-state index contributed by atoms with van der Waals surface area (Å²) in [7, 11) is 0. The Labute approximate surface area is 125 Å². The van der Waals surface area contributed by atoms with Crippen LogP contribution >= 0.6 is 0 Å². The van der Waals surface area contributed by atoms with Crippen molar-refractivity contribution in [2.24, 2.45) is 23.7 Å². The lowest BCUT2D eigenvalue weighted by molar-refractivity contribution is 0.113. The van der Waals surface area contributed by atoms with Gasteiger partial charge in [0.25, 0.3) is 0 Å². The minimum atomic E-state index is 0.803.